The van der Waals surface area contributed by atoms with Gasteiger partial charge >= 0.3 is 18.0 Å². The SMILES string of the molecule is Cc1cc(OC(F)(F)F)c([N+](=O)[O-])c(CC(=O)O)n1. The van der Waals surface area contributed by atoms with Gasteiger partial charge in [-0.25, -0.2) is 0 Å². The number of nitro groups is 1. The first-order chi connectivity index (χ1) is 8.60. The third-order valence-corrected chi connectivity index (χ3v) is 1.88. The van der Waals surface area contributed by atoms with E-state index in [1.54, 1.807) is 0 Å². The standard InChI is InChI=1S/C9H7F3N2O5/c1-4-2-6(19-9(10,11)12)8(14(17)18)5(13-4)3-7(15)16/h2H,3H2,1H3,(H,15,16). The van der Waals surface area contributed by atoms with Crippen molar-refractivity contribution in [2.24, 2.45) is 0 Å². The van der Waals surface area contributed by atoms with E-state index in [0.29, 0.717) is 0 Å². The average Bonchev–Trinajstić information content (AvgIpc) is 2.10. The summed E-state index contributed by atoms with van der Waals surface area (Å²) < 4.78 is 39.9. The Balaban J connectivity index is 3.39. The van der Waals surface area contributed by atoms with Gasteiger partial charge < -0.3 is 9.84 Å². The molecule has 0 atom stereocenters. The van der Waals surface area contributed by atoms with Gasteiger partial charge in [-0.2, -0.15) is 0 Å². The van der Waals surface area contributed by atoms with Crippen LogP contribution in [0.3, 0.4) is 0 Å². The maximum atomic E-state index is 12.1. The molecule has 0 amide bonds. The molecule has 0 aliphatic heterocycles. The first-order valence-electron chi connectivity index (χ1n) is 4.72. The second-order valence-corrected chi connectivity index (χ2v) is 3.43. The minimum absolute atomic E-state index is 0.0268. The lowest BCUT2D eigenvalue weighted by Gasteiger charge is -2.11. The lowest BCUT2D eigenvalue weighted by atomic mass is 10.2. The highest BCUT2D eigenvalue weighted by atomic mass is 19.4. The van der Waals surface area contributed by atoms with Crippen molar-refractivity contribution in [1.29, 1.82) is 0 Å². The second-order valence-electron chi connectivity index (χ2n) is 3.43. The quantitative estimate of drug-likeness (QED) is 0.666. The summed E-state index contributed by atoms with van der Waals surface area (Å²) in [6, 6.07) is 0.719. The number of alkyl halides is 3. The van der Waals surface area contributed by atoms with Gasteiger partial charge in [0.25, 0.3) is 0 Å². The number of aryl methyl sites for hydroxylation is 1. The van der Waals surface area contributed by atoms with E-state index in [2.05, 4.69) is 9.72 Å². The Kier molecular flexibility index (Phi) is 3.92. The highest BCUT2D eigenvalue weighted by molar-refractivity contribution is 5.72. The molecule has 0 bridgehead atoms. The second kappa shape index (κ2) is 5.08. The van der Waals surface area contributed by atoms with E-state index >= 15 is 0 Å². The fourth-order valence-electron chi connectivity index (χ4n) is 1.36. The lowest BCUT2D eigenvalue weighted by molar-refractivity contribution is -0.389. The van der Waals surface area contributed by atoms with Crippen LogP contribution < -0.4 is 4.74 Å². The van der Waals surface area contributed by atoms with Crippen molar-refractivity contribution in [3.8, 4) is 5.75 Å². The molecule has 0 radical (unpaired) electrons. The topological polar surface area (TPSA) is 103 Å². The van der Waals surface area contributed by atoms with Crippen molar-refractivity contribution in [2.75, 3.05) is 0 Å². The average molecular weight is 280 g/mol. The summed E-state index contributed by atoms with van der Waals surface area (Å²) in [4.78, 5) is 23.7. The molecule has 7 nitrogen and oxygen atoms in total. The smallest absolute Gasteiger partial charge is 0.481 e. The van der Waals surface area contributed by atoms with Gasteiger partial charge in [-0.15, -0.1) is 13.2 Å². The van der Waals surface area contributed by atoms with Gasteiger partial charge in [0.1, 0.15) is 5.69 Å². The zero-order chi connectivity index (χ0) is 14.8. The molecular formula is C9H7F3N2O5. The van der Waals surface area contributed by atoms with Crippen molar-refractivity contribution in [1.82, 2.24) is 4.98 Å². The van der Waals surface area contributed by atoms with Crippen LogP contribution in [0, 0.1) is 17.0 Å². The summed E-state index contributed by atoms with van der Waals surface area (Å²) in [5.74, 6) is -2.54. The van der Waals surface area contributed by atoms with Gasteiger partial charge in [-0.1, -0.05) is 0 Å². The van der Waals surface area contributed by atoms with Crippen LogP contribution in [-0.2, 0) is 11.2 Å². The number of halogens is 3. The molecule has 0 aromatic carbocycles. The van der Waals surface area contributed by atoms with Crippen molar-refractivity contribution in [3.63, 3.8) is 0 Å². The number of pyridine rings is 1. The summed E-state index contributed by atoms with van der Waals surface area (Å²) in [6.07, 6.45) is -6.01. The zero-order valence-corrected chi connectivity index (χ0v) is 9.39. The van der Waals surface area contributed by atoms with Crippen LogP contribution in [0.4, 0.5) is 18.9 Å². The van der Waals surface area contributed by atoms with Crippen LogP contribution >= 0.6 is 0 Å². The molecule has 1 rings (SSSR count). The minimum atomic E-state index is -5.13. The molecule has 1 aromatic heterocycles. The molecule has 0 saturated carbocycles. The number of rotatable bonds is 4. The van der Waals surface area contributed by atoms with Gasteiger partial charge in [-0.3, -0.25) is 19.9 Å². The largest absolute Gasteiger partial charge is 0.573 e. The minimum Gasteiger partial charge on any atom is -0.481 e. The number of aliphatic carboxylic acids is 1. The van der Waals surface area contributed by atoms with Crippen molar-refractivity contribution in [3.05, 3.63) is 27.6 Å². The Labute approximate surface area is 103 Å². The molecule has 104 valence electrons. The molecular weight excluding hydrogens is 273 g/mol. The number of aromatic nitrogens is 1. The van der Waals surface area contributed by atoms with Crippen LogP contribution in [-0.4, -0.2) is 27.3 Å². The summed E-state index contributed by atoms with van der Waals surface area (Å²) in [5.41, 5.74) is -1.73. The molecule has 1 N–H and O–H groups in total. The number of nitrogens with zero attached hydrogens (tertiary/aromatic N) is 2. The fraction of sp³-hybridized carbons (Fsp3) is 0.333. The van der Waals surface area contributed by atoms with Gasteiger partial charge in [0.2, 0.25) is 5.75 Å². The zero-order valence-electron chi connectivity index (χ0n) is 9.39. The molecule has 10 heteroatoms. The number of carboxylic acid groups (broad SMARTS) is 1. The monoisotopic (exact) mass is 280 g/mol. The Morgan fingerprint density at radius 1 is 1.58 bits per heavy atom. The van der Waals surface area contributed by atoms with Crippen LogP contribution in [0.5, 0.6) is 5.75 Å². The normalized spacial score (nSPS) is 11.2. The number of hydrogen-bond acceptors (Lipinski definition) is 5. The highest BCUT2D eigenvalue weighted by Gasteiger charge is 2.36. The van der Waals surface area contributed by atoms with Crippen molar-refractivity contribution < 1.29 is 32.7 Å². The van der Waals surface area contributed by atoms with E-state index in [0.717, 1.165) is 6.07 Å². The molecule has 1 aromatic rings. The van der Waals surface area contributed by atoms with E-state index in [-0.39, 0.29) is 5.69 Å². The molecule has 19 heavy (non-hydrogen) atoms. The van der Waals surface area contributed by atoms with E-state index < -0.39 is 40.8 Å². The summed E-state index contributed by atoms with van der Waals surface area (Å²) in [7, 11) is 0. The third-order valence-electron chi connectivity index (χ3n) is 1.88. The summed E-state index contributed by atoms with van der Waals surface area (Å²) in [5, 5.41) is 19.3. The predicted molar refractivity (Wildman–Crippen MR) is 53.7 cm³/mol. The van der Waals surface area contributed by atoms with Crippen molar-refractivity contribution in [2.45, 2.75) is 19.7 Å². The van der Waals surface area contributed by atoms with E-state index in [1.165, 1.54) is 6.92 Å². The molecule has 0 spiro atoms. The molecule has 0 unspecified atom stereocenters. The van der Waals surface area contributed by atoms with Gasteiger partial charge in [0.15, 0.2) is 0 Å². The first-order valence-corrected chi connectivity index (χ1v) is 4.72. The van der Waals surface area contributed by atoms with Crippen LogP contribution in [0.15, 0.2) is 6.07 Å². The highest BCUT2D eigenvalue weighted by Crippen LogP contribution is 2.34. The maximum absolute atomic E-state index is 12.1. The molecule has 1 heterocycles. The predicted octanol–water partition coefficient (Wildman–Crippen LogP) is 1.82. The van der Waals surface area contributed by atoms with Crippen LogP contribution in [0.25, 0.3) is 0 Å². The third kappa shape index (κ3) is 4.08. The van der Waals surface area contributed by atoms with E-state index in [1.807, 2.05) is 0 Å². The Bertz CT molecular complexity index is 529. The Morgan fingerprint density at radius 3 is 2.58 bits per heavy atom. The molecule has 0 fully saturated rings. The fourth-order valence-corrected chi connectivity index (χ4v) is 1.36. The maximum Gasteiger partial charge on any atom is 0.573 e. The number of carbonyl (C=O) groups is 1. The van der Waals surface area contributed by atoms with E-state index in [9.17, 15) is 28.1 Å². The van der Waals surface area contributed by atoms with E-state index in [4.69, 9.17) is 5.11 Å². The van der Waals surface area contributed by atoms with Gasteiger partial charge in [0, 0.05) is 11.8 Å². The molecule has 0 aliphatic carbocycles. The summed E-state index contributed by atoms with van der Waals surface area (Å²) in [6.45, 7) is 1.26. The summed E-state index contributed by atoms with van der Waals surface area (Å²) >= 11 is 0. The number of carboxylic acids is 1. The molecule has 0 aliphatic rings. The van der Waals surface area contributed by atoms with Crippen LogP contribution in [0.2, 0.25) is 0 Å². The Morgan fingerprint density at radius 2 is 2.16 bits per heavy atom. The van der Waals surface area contributed by atoms with Gasteiger partial charge in [0.05, 0.1) is 11.3 Å². The number of ether oxygens (including phenoxy) is 1. The lowest BCUT2D eigenvalue weighted by Crippen LogP contribution is -2.19. The number of hydrogen-bond donors (Lipinski definition) is 1. The van der Waals surface area contributed by atoms with Crippen LogP contribution in [0.1, 0.15) is 11.4 Å². The molecule has 0 saturated heterocycles. The first kappa shape index (κ1) is 14.7. The van der Waals surface area contributed by atoms with Gasteiger partial charge in [-0.05, 0) is 6.92 Å². The van der Waals surface area contributed by atoms with Crippen molar-refractivity contribution >= 4 is 11.7 Å². The Hall–Kier alpha value is -2.39.